The average molecular weight is 495 g/mol. The zero-order valence-corrected chi connectivity index (χ0v) is 20.7. The Morgan fingerprint density at radius 2 is 1.97 bits per heavy atom. The van der Waals surface area contributed by atoms with E-state index in [4.69, 9.17) is 16.3 Å². The Balaban J connectivity index is 1.32. The van der Waals surface area contributed by atoms with Gasteiger partial charge in [-0.3, -0.25) is 9.59 Å². The summed E-state index contributed by atoms with van der Waals surface area (Å²) >= 11 is 6.25. The van der Waals surface area contributed by atoms with Gasteiger partial charge in [0, 0.05) is 49.2 Å². The van der Waals surface area contributed by atoms with Crippen LogP contribution in [0.1, 0.15) is 40.2 Å². The molecular weight excluding hydrogens is 464 g/mol. The first-order chi connectivity index (χ1) is 17.0. The summed E-state index contributed by atoms with van der Waals surface area (Å²) in [6.45, 7) is 3.52. The number of piperidine rings is 1. The Hall–Kier alpha value is -3.03. The molecule has 3 heterocycles. The highest BCUT2D eigenvalue weighted by atomic mass is 35.5. The van der Waals surface area contributed by atoms with E-state index < -0.39 is 0 Å². The van der Waals surface area contributed by atoms with Crippen molar-refractivity contribution in [3.05, 3.63) is 64.3 Å². The molecule has 0 aliphatic carbocycles. The van der Waals surface area contributed by atoms with Crippen LogP contribution in [0.2, 0.25) is 5.02 Å². The fourth-order valence-electron chi connectivity index (χ4n) is 5.23. The summed E-state index contributed by atoms with van der Waals surface area (Å²) in [6, 6.07) is 11.9. The number of hydrogen-bond acceptors (Lipinski definition) is 4. The van der Waals surface area contributed by atoms with E-state index in [1.807, 2.05) is 28.6 Å². The Morgan fingerprint density at radius 3 is 2.77 bits per heavy atom. The number of likely N-dealkylation sites (N-methyl/N-ethyl adjacent to an activating group) is 1. The highest BCUT2D eigenvalue weighted by Crippen LogP contribution is 2.39. The minimum Gasteiger partial charge on any atom is -0.493 e. The first kappa shape index (κ1) is 23.7. The number of benzene rings is 2. The lowest BCUT2D eigenvalue weighted by molar-refractivity contribution is -0.121. The van der Waals surface area contributed by atoms with E-state index in [1.54, 1.807) is 12.3 Å². The van der Waals surface area contributed by atoms with Crippen molar-refractivity contribution < 1.29 is 14.3 Å². The van der Waals surface area contributed by atoms with Crippen LogP contribution in [0.5, 0.6) is 5.75 Å². The van der Waals surface area contributed by atoms with Gasteiger partial charge in [0.15, 0.2) is 0 Å². The third-order valence-corrected chi connectivity index (χ3v) is 7.29. The van der Waals surface area contributed by atoms with Crippen LogP contribution in [-0.4, -0.2) is 61.1 Å². The van der Waals surface area contributed by atoms with Gasteiger partial charge >= 0.3 is 0 Å². The predicted octanol–water partition coefficient (Wildman–Crippen LogP) is 3.59. The predicted molar refractivity (Wildman–Crippen MR) is 137 cm³/mol. The van der Waals surface area contributed by atoms with E-state index in [2.05, 4.69) is 28.8 Å². The summed E-state index contributed by atoms with van der Waals surface area (Å²) in [5.41, 5.74) is 3.98. The molecule has 0 atom stereocenters. The number of likely N-dealkylation sites (tertiary alicyclic amines) is 1. The Kier molecular flexibility index (Phi) is 6.97. The molecule has 0 unspecified atom stereocenters. The van der Waals surface area contributed by atoms with Crippen LogP contribution >= 0.6 is 11.6 Å². The monoisotopic (exact) mass is 494 g/mol. The number of carbonyl (C=O) groups excluding carboxylic acids is 2. The van der Waals surface area contributed by atoms with E-state index in [0.29, 0.717) is 42.7 Å². The molecule has 8 heteroatoms. The molecule has 2 aliphatic heterocycles. The normalized spacial score (nSPS) is 15.8. The summed E-state index contributed by atoms with van der Waals surface area (Å²) < 4.78 is 7.74. The molecule has 1 aromatic heterocycles. The summed E-state index contributed by atoms with van der Waals surface area (Å²) in [5, 5.41) is 7.29. The van der Waals surface area contributed by atoms with Crippen molar-refractivity contribution in [1.29, 1.82) is 0 Å². The number of carbonyl (C=O) groups is 2. The second-order valence-corrected chi connectivity index (χ2v) is 9.72. The minimum atomic E-state index is -0.102. The highest BCUT2D eigenvalue weighted by molar-refractivity contribution is 6.31. The molecule has 1 fully saturated rings. The van der Waals surface area contributed by atoms with E-state index in [-0.39, 0.29) is 18.4 Å². The second-order valence-electron chi connectivity index (χ2n) is 9.29. The lowest BCUT2D eigenvalue weighted by atomic mass is 9.87. The van der Waals surface area contributed by atoms with Crippen molar-refractivity contribution in [2.24, 2.45) is 0 Å². The molecule has 184 valence electrons. The molecule has 3 aromatic rings. The van der Waals surface area contributed by atoms with Crippen molar-refractivity contribution in [2.75, 3.05) is 39.8 Å². The summed E-state index contributed by atoms with van der Waals surface area (Å²) in [4.78, 5) is 28.0. The summed E-state index contributed by atoms with van der Waals surface area (Å²) in [6.07, 6.45) is 4.58. The highest BCUT2D eigenvalue weighted by Gasteiger charge is 2.29. The molecule has 0 radical (unpaired) electrons. The molecule has 7 nitrogen and oxygen atoms in total. The van der Waals surface area contributed by atoms with Gasteiger partial charge in [-0.25, -0.2) is 0 Å². The van der Waals surface area contributed by atoms with E-state index in [9.17, 15) is 9.59 Å². The average Bonchev–Trinajstić information content (AvgIpc) is 3.49. The lowest BCUT2D eigenvalue weighted by Crippen LogP contribution is -2.38. The van der Waals surface area contributed by atoms with Crippen LogP contribution in [0.25, 0.3) is 10.9 Å². The maximum absolute atomic E-state index is 13.6. The molecule has 0 bridgehead atoms. The number of nitrogens with zero attached hydrogens (tertiary/aromatic N) is 2. The largest absolute Gasteiger partial charge is 0.493 e. The Labute approximate surface area is 210 Å². The van der Waals surface area contributed by atoms with Gasteiger partial charge in [0.05, 0.1) is 17.7 Å². The summed E-state index contributed by atoms with van der Waals surface area (Å²) in [5.74, 6) is 1.35. The fraction of sp³-hybridized carbons (Fsp3) is 0.407. The second kappa shape index (κ2) is 10.3. The number of rotatable bonds is 7. The zero-order valence-electron chi connectivity index (χ0n) is 20.0. The van der Waals surface area contributed by atoms with Crippen molar-refractivity contribution in [2.45, 2.75) is 31.7 Å². The van der Waals surface area contributed by atoms with Crippen LogP contribution in [0.15, 0.2) is 42.6 Å². The summed E-state index contributed by atoms with van der Waals surface area (Å²) in [7, 11) is 1.84. The molecular formula is C27H31ClN4O3. The molecule has 5 rings (SSSR count). The van der Waals surface area contributed by atoms with E-state index >= 15 is 0 Å². The number of nitrogens with one attached hydrogen (secondary N) is 2. The third-order valence-electron chi connectivity index (χ3n) is 7.05. The van der Waals surface area contributed by atoms with Gasteiger partial charge in [-0.05, 0) is 49.1 Å². The van der Waals surface area contributed by atoms with Crippen molar-refractivity contribution in [1.82, 2.24) is 20.1 Å². The molecule has 1 saturated heterocycles. The number of halogens is 1. The molecule has 2 amide bonds. The molecule has 2 aliphatic rings. The van der Waals surface area contributed by atoms with Gasteiger partial charge in [-0.2, -0.15) is 0 Å². The van der Waals surface area contributed by atoms with Gasteiger partial charge in [-0.1, -0.05) is 35.9 Å². The van der Waals surface area contributed by atoms with E-state index in [0.717, 1.165) is 42.5 Å². The van der Waals surface area contributed by atoms with Gasteiger partial charge < -0.3 is 24.8 Å². The van der Waals surface area contributed by atoms with Gasteiger partial charge in [0.1, 0.15) is 12.3 Å². The SMILES string of the molecule is CNCCNC(=O)Cn1cc(C(=O)N2CCC(c3cccc4c3OCC4)CC2)c2ccc(Cl)cc21. The number of hydrogen-bond donors (Lipinski definition) is 2. The topological polar surface area (TPSA) is 75.6 Å². The number of ether oxygens (including phenoxy) is 1. The van der Waals surface area contributed by atoms with Gasteiger partial charge in [-0.15, -0.1) is 0 Å². The molecule has 0 spiro atoms. The maximum Gasteiger partial charge on any atom is 0.256 e. The zero-order chi connectivity index (χ0) is 24.4. The quantitative estimate of drug-likeness (QED) is 0.492. The maximum atomic E-state index is 13.6. The molecule has 35 heavy (non-hydrogen) atoms. The van der Waals surface area contributed by atoms with E-state index in [1.165, 1.54) is 11.1 Å². The molecule has 2 N–H and O–H groups in total. The Bertz CT molecular complexity index is 1250. The van der Waals surface area contributed by atoms with Crippen LogP contribution in [0, 0.1) is 0 Å². The number of aromatic nitrogens is 1. The van der Waals surface area contributed by atoms with Crippen LogP contribution < -0.4 is 15.4 Å². The first-order valence-electron chi connectivity index (χ1n) is 12.3. The minimum absolute atomic E-state index is 0.000320. The van der Waals surface area contributed by atoms with Crippen LogP contribution in [0.4, 0.5) is 0 Å². The standard InChI is InChI=1S/C27H31ClN4O3/c1-29-10-11-30-25(33)17-32-16-23(22-6-5-20(28)15-24(22)32)27(34)31-12-7-18(8-13-31)21-4-2-3-19-9-14-35-26(19)21/h2-6,15-16,18,29H,7-14,17H2,1H3,(H,30,33). The molecule has 2 aromatic carbocycles. The third kappa shape index (κ3) is 4.88. The smallest absolute Gasteiger partial charge is 0.256 e. The Morgan fingerprint density at radius 1 is 1.14 bits per heavy atom. The van der Waals surface area contributed by atoms with Crippen LogP contribution in [0.3, 0.4) is 0 Å². The first-order valence-corrected chi connectivity index (χ1v) is 12.7. The van der Waals surface area contributed by atoms with Crippen molar-refractivity contribution in [3.63, 3.8) is 0 Å². The van der Waals surface area contributed by atoms with Crippen molar-refractivity contribution >= 4 is 34.3 Å². The molecule has 0 saturated carbocycles. The fourth-order valence-corrected chi connectivity index (χ4v) is 5.40. The van der Waals surface area contributed by atoms with Crippen LogP contribution in [-0.2, 0) is 17.8 Å². The van der Waals surface area contributed by atoms with Gasteiger partial charge in [0.2, 0.25) is 5.91 Å². The number of fused-ring (bicyclic) bond motifs is 2. The number of para-hydroxylation sites is 1. The van der Waals surface area contributed by atoms with Gasteiger partial charge in [0.25, 0.3) is 5.91 Å². The number of amides is 2. The van der Waals surface area contributed by atoms with Crippen molar-refractivity contribution in [3.8, 4) is 5.75 Å². The lowest BCUT2D eigenvalue weighted by Gasteiger charge is -2.32.